The number of halogens is 2. The average Bonchev–Trinajstić information content (AvgIpc) is 2.51. The summed E-state index contributed by atoms with van der Waals surface area (Å²) in [5.74, 6) is 1.18. The SMILES string of the molecule is Cc1ncc(-c2ccc(Cl)nc2Cl)o1. The Hall–Kier alpha value is -1.06. The van der Waals surface area contributed by atoms with Crippen LogP contribution in [-0.2, 0) is 0 Å². The predicted octanol–water partition coefficient (Wildman–Crippen LogP) is 3.35. The Morgan fingerprint density at radius 1 is 1.29 bits per heavy atom. The van der Waals surface area contributed by atoms with Crippen LogP contribution in [0.1, 0.15) is 5.89 Å². The topological polar surface area (TPSA) is 38.9 Å². The number of nitrogens with zero attached hydrogens (tertiary/aromatic N) is 2. The van der Waals surface area contributed by atoms with Crippen molar-refractivity contribution in [2.75, 3.05) is 0 Å². The van der Waals surface area contributed by atoms with E-state index in [1.165, 1.54) is 0 Å². The van der Waals surface area contributed by atoms with Gasteiger partial charge in [-0.1, -0.05) is 23.2 Å². The first kappa shape index (κ1) is 9.49. The maximum atomic E-state index is 5.89. The molecule has 2 aromatic rings. The lowest BCUT2D eigenvalue weighted by Gasteiger charge is -1.98. The molecule has 5 heteroatoms. The largest absolute Gasteiger partial charge is 0.441 e. The van der Waals surface area contributed by atoms with Crippen molar-refractivity contribution in [2.24, 2.45) is 0 Å². The minimum absolute atomic E-state index is 0.314. The minimum atomic E-state index is 0.314. The van der Waals surface area contributed by atoms with Crippen molar-refractivity contribution in [3.8, 4) is 11.3 Å². The fraction of sp³-hybridized carbons (Fsp3) is 0.111. The molecule has 0 spiro atoms. The maximum Gasteiger partial charge on any atom is 0.191 e. The Morgan fingerprint density at radius 3 is 2.64 bits per heavy atom. The highest BCUT2D eigenvalue weighted by Gasteiger charge is 2.09. The van der Waals surface area contributed by atoms with Gasteiger partial charge in [0.25, 0.3) is 0 Å². The van der Waals surface area contributed by atoms with Crippen LogP contribution in [0.15, 0.2) is 22.7 Å². The standard InChI is InChI=1S/C9H6Cl2N2O/c1-5-12-4-7(14-5)6-2-3-8(10)13-9(6)11/h2-4H,1H3. The second kappa shape index (κ2) is 3.59. The molecule has 0 aromatic carbocycles. The lowest BCUT2D eigenvalue weighted by molar-refractivity contribution is 0.534. The number of aryl methyl sites for hydroxylation is 1. The molecule has 0 amide bonds. The predicted molar refractivity (Wildman–Crippen MR) is 54.5 cm³/mol. The van der Waals surface area contributed by atoms with Gasteiger partial charge in [-0.15, -0.1) is 0 Å². The number of aromatic nitrogens is 2. The van der Waals surface area contributed by atoms with Crippen molar-refractivity contribution >= 4 is 23.2 Å². The molecular formula is C9H6Cl2N2O. The molecule has 0 N–H and O–H groups in total. The van der Waals surface area contributed by atoms with Gasteiger partial charge in [0.15, 0.2) is 11.7 Å². The molecule has 2 heterocycles. The monoisotopic (exact) mass is 228 g/mol. The Kier molecular flexibility index (Phi) is 2.44. The van der Waals surface area contributed by atoms with Crippen molar-refractivity contribution in [2.45, 2.75) is 6.92 Å². The summed E-state index contributed by atoms with van der Waals surface area (Å²) in [5, 5.41) is 0.670. The summed E-state index contributed by atoms with van der Waals surface area (Å²) in [5.41, 5.74) is 0.691. The van der Waals surface area contributed by atoms with Gasteiger partial charge in [0.2, 0.25) is 0 Å². The molecule has 0 radical (unpaired) electrons. The molecule has 0 aliphatic rings. The highest BCUT2D eigenvalue weighted by atomic mass is 35.5. The fourth-order valence-electron chi connectivity index (χ4n) is 1.08. The first-order valence-electron chi connectivity index (χ1n) is 3.91. The number of oxazole rings is 1. The smallest absolute Gasteiger partial charge is 0.191 e. The van der Waals surface area contributed by atoms with Crippen LogP contribution in [0.2, 0.25) is 10.3 Å². The zero-order chi connectivity index (χ0) is 10.1. The highest BCUT2D eigenvalue weighted by molar-refractivity contribution is 6.34. The quantitative estimate of drug-likeness (QED) is 0.703. The molecule has 2 rings (SSSR count). The second-order valence-corrected chi connectivity index (χ2v) is 3.46. The van der Waals surface area contributed by atoms with Crippen LogP contribution >= 0.6 is 23.2 Å². The molecule has 2 aromatic heterocycles. The van der Waals surface area contributed by atoms with Crippen LogP contribution in [0.4, 0.5) is 0 Å². The zero-order valence-electron chi connectivity index (χ0n) is 7.29. The molecule has 0 saturated heterocycles. The molecule has 14 heavy (non-hydrogen) atoms. The fourth-order valence-corrected chi connectivity index (χ4v) is 1.52. The molecule has 0 unspecified atom stereocenters. The number of rotatable bonds is 1. The van der Waals surface area contributed by atoms with Crippen LogP contribution < -0.4 is 0 Å². The van der Waals surface area contributed by atoms with Gasteiger partial charge in [-0.2, -0.15) is 0 Å². The molecule has 0 aliphatic carbocycles. The van der Waals surface area contributed by atoms with Gasteiger partial charge in [-0.25, -0.2) is 9.97 Å². The van der Waals surface area contributed by atoms with Crippen molar-refractivity contribution in [3.63, 3.8) is 0 Å². The van der Waals surface area contributed by atoms with Crippen LogP contribution in [0.3, 0.4) is 0 Å². The Balaban J connectivity index is 2.52. The van der Waals surface area contributed by atoms with E-state index in [9.17, 15) is 0 Å². The molecule has 0 atom stereocenters. The van der Waals surface area contributed by atoms with Gasteiger partial charge in [-0.3, -0.25) is 0 Å². The van der Waals surface area contributed by atoms with Gasteiger partial charge in [0.1, 0.15) is 10.3 Å². The Bertz CT molecular complexity index is 468. The van der Waals surface area contributed by atoms with Crippen LogP contribution in [0, 0.1) is 6.92 Å². The van der Waals surface area contributed by atoms with E-state index in [0.29, 0.717) is 27.5 Å². The molecule has 0 aliphatic heterocycles. The number of hydrogen-bond acceptors (Lipinski definition) is 3. The Labute approximate surface area is 90.7 Å². The zero-order valence-corrected chi connectivity index (χ0v) is 8.80. The lowest BCUT2D eigenvalue weighted by atomic mass is 10.2. The Morgan fingerprint density at radius 2 is 2.07 bits per heavy atom. The van der Waals surface area contributed by atoms with Crippen molar-refractivity contribution in [3.05, 3.63) is 34.5 Å². The van der Waals surface area contributed by atoms with E-state index in [2.05, 4.69) is 9.97 Å². The van der Waals surface area contributed by atoms with E-state index < -0.39 is 0 Å². The van der Waals surface area contributed by atoms with Crippen LogP contribution in [0.5, 0.6) is 0 Å². The van der Waals surface area contributed by atoms with Crippen LogP contribution in [0.25, 0.3) is 11.3 Å². The van der Waals surface area contributed by atoms with Gasteiger partial charge in [0.05, 0.1) is 11.8 Å². The molecule has 0 bridgehead atoms. The van der Waals surface area contributed by atoms with Crippen molar-refractivity contribution in [1.82, 2.24) is 9.97 Å². The molecule has 3 nitrogen and oxygen atoms in total. The third kappa shape index (κ3) is 1.74. The summed E-state index contributed by atoms with van der Waals surface area (Å²) >= 11 is 11.6. The van der Waals surface area contributed by atoms with E-state index in [1.54, 1.807) is 25.3 Å². The maximum absolute atomic E-state index is 5.89. The second-order valence-electron chi connectivity index (χ2n) is 2.72. The van der Waals surface area contributed by atoms with Gasteiger partial charge in [-0.05, 0) is 12.1 Å². The molecule has 0 saturated carbocycles. The first-order chi connectivity index (χ1) is 6.66. The third-order valence-electron chi connectivity index (χ3n) is 1.70. The summed E-state index contributed by atoms with van der Waals surface area (Å²) in [6.45, 7) is 1.76. The summed E-state index contributed by atoms with van der Waals surface area (Å²) in [4.78, 5) is 7.87. The summed E-state index contributed by atoms with van der Waals surface area (Å²) in [6.07, 6.45) is 1.60. The van der Waals surface area contributed by atoms with E-state index in [1.807, 2.05) is 0 Å². The normalized spacial score (nSPS) is 10.5. The molecule has 72 valence electrons. The molecular weight excluding hydrogens is 223 g/mol. The van der Waals surface area contributed by atoms with E-state index >= 15 is 0 Å². The minimum Gasteiger partial charge on any atom is -0.441 e. The summed E-state index contributed by atoms with van der Waals surface area (Å²) in [6, 6.07) is 3.40. The van der Waals surface area contributed by atoms with Gasteiger partial charge < -0.3 is 4.42 Å². The lowest BCUT2D eigenvalue weighted by Crippen LogP contribution is -1.81. The van der Waals surface area contributed by atoms with E-state index in [4.69, 9.17) is 27.6 Å². The summed E-state index contributed by atoms with van der Waals surface area (Å²) < 4.78 is 5.31. The molecule has 0 fully saturated rings. The van der Waals surface area contributed by atoms with E-state index in [-0.39, 0.29) is 0 Å². The van der Waals surface area contributed by atoms with Crippen molar-refractivity contribution < 1.29 is 4.42 Å². The highest BCUT2D eigenvalue weighted by Crippen LogP contribution is 2.27. The van der Waals surface area contributed by atoms with Gasteiger partial charge >= 0.3 is 0 Å². The van der Waals surface area contributed by atoms with E-state index in [0.717, 1.165) is 0 Å². The average molecular weight is 229 g/mol. The van der Waals surface area contributed by atoms with Crippen LogP contribution in [-0.4, -0.2) is 9.97 Å². The van der Waals surface area contributed by atoms with Crippen molar-refractivity contribution in [1.29, 1.82) is 0 Å². The first-order valence-corrected chi connectivity index (χ1v) is 4.67. The number of hydrogen-bond donors (Lipinski definition) is 0. The third-order valence-corrected chi connectivity index (χ3v) is 2.20. The number of pyridine rings is 1. The van der Waals surface area contributed by atoms with Gasteiger partial charge in [0, 0.05) is 6.92 Å². The summed E-state index contributed by atoms with van der Waals surface area (Å²) in [7, 11) is 0.